The molecule has 130 valence electrons. The number of benzene rings is 1. The lowest BCUT2D eigenvalue weighted by molar-refractivity contribution is 0.569. The van der Waals surface area contributed by atoms with Gasteiger partial charge in [-0.05, 0) is 38.8 Å². The van der Waals surface area contributed by atoms with Gasteiger partial charge in [0.25, 0.3) is 0 Å². The zero-order chi connectivity index (χ0) is 17.3. The molecule has 0 unspecified atom stereocenters. The number of nitrogens with one attached hydrogen (secondary N) is 3. The van der Waals surface area contributed by atoms with Crippen molar-refractivity contribution in [2.45, 2.75) is 46.0 Å². The maximum atomic E-state index is 12.1. The Morgan fingerprint density at radius 3 is 2.17 bits per heavy atom. The number of guanidine groups is 1. The van der Waals surface area contributed by atoms with Crippen molar-refractivity contribution in [2.24, 2.45) is 4.99 Å². The molecule has 0 saturated carbocycles. The standard InChI is InChI=1S/C16H28N4O2S/c1-5-17-16(18-6-2)19-11-14-9-7-8-10-15(14)12-23(21,22)20-13(3)4/h7-10,13,20H,5-6,11-12H2,1-4H3,(H2,17,18,19). The van der Waals surface area contributed by atoms with Gasteiger partial charge in [0.15, 0.2) is 5.96 Å². The van der Waals surface area contributed by atoms with E-state index in [2.05, 4.69) is 20.3 Å². The summed E-state index contributed by atoms with van der Waals surface area (Å²) in [5, 5.41) is 6.31. The topological polar surface area (TPSA) is 82.6 Å². The predicted molar refractivity (Wildman–Crippen MR) is 95.8 cm³/mol. The molecule has 1 rings (SSSR count). The fraction of sp³-hybridized carbons (Fsp3) is 0.562. The quantitative estimate of drug-likeness (QED) is 0.496. The van der Waals surface area contributed by atoms with Gasteiger partial charge in [-0.2, -0.15) is 0 Å². The fourth-order valence-electron chi connectivity index (χ4n) is 2.13. The van der Waals surface area contributed by atoms with Crippen molar-refractivity contribution in [1.29, 1.82) is 0 Å². The Hall–Kier alpha value is -1.60. The molecule has 0 fully saturated rings. The fourth-order valence-corrected chi connectivity index (χ4v) is 3.62. The van der Waals surface area contributed by atoms with Crippen molar-refractivity contribution in [2.75, 3.05) is 13.1 Å². The molecule has 0 amide bonds. The normalized spacial score (nSPS) is 11.3. The van der Waals surface area contributed by atoms with Crippen LogP contribution >= 0.6 is 0 Å². The van der Waals surface area contributed by atoms with E-state index in [0.717, 1.165) is 30.2 Å². The largest absolute Gasteiger partial charge is 0.357 e. The molecular formula is C16H28N4O2S. The molecule has 7 heteroatoms. The highest BCUT2D eigenvalue weighted by molar-refractivity contribution is 7.88. The summed E-state index contributed by atoms with van der Waals surface area (Å²) in [4.78, 5) is 4.50. The Bertz CT molecular complexity index is 604. The Kier molecular flexibility index (Phi) is 8.05. The minimum atomic E-state index is -3.35. The van der Waals surface area contributed by atoms with Gasteiger partial charge in [-0.1, -0.05) is 24.3 Å². The van der Waals surface area contributed by atoms with E-state index >= 15 is 0 Å². The minimum Gasteiger partial charge on any atom is -0.357 e. The van der Waals surface area contributed by atoms with Gasteiger partial charge in [0.2, 0.25) is 10.0 Å². The van der Waals surface area contributed by atoms with Crippen LogP contribution < -0.4 is 15.4 Å². The Labute approximate surface area is 139 Å². The van der Waals surface area contributed by atoms with E-state index in [4.69, 9.17) is 0 Å². The molecule has 23 heavy (non-hydrogen) atoms. The summed E-state index contributed by atoms with van der Waals surface area (Å²) in [6.45, 7) is 9.62. The van der Waals surface area contributed by atoms with Crippen LogP contribution in [0.25, 0.3) is 0 Å². The molecule has 1 aromatic carbocycles. The highest BCUT2D eigenvalue weighted by Crippen LogP contribution is 2.13. The third-order valence-electron chi connectivity index (χ3n) is 2.98. The second-order valence-corrected chi connectivity index (χ2v) is 7.28. The Morgan fingerprint density at radius 1 is 1.09 bits per heavy atom. The summed E-state index contributed by atoms with van der Waals surface area (Å²) in [5.74, 6) is 0.696. The van der Waals surface area contributed by atoms with Gasteiger partial charge < -0.3 is 10.6 Å². The summed E-state index contributed by atoms with van der Waals surface area (Å²) in [5.41, 5.74) is 1.69. The molecule has 0 aromatic heterocycles. The molecule has 6 nitrogen and oxygen atoms in total. The van der Waals surface area contributed by atoms with E-state index in [9.17, 15) is 8.42 Å². The summed E-state index contributed by atoms with van der Waals surface area (Å²) in [7, 11) is -3.35. The summed E-state index contributed by atoms with van der Waals surface area (Å²) in [6, 6.07) is 7.39. The van der Waals surface area contributed by atoms with Crippen LogP contribution in [-0.4, -0.2) is 33.5 Å². The average Bonchev–Trinajstić information content (AvgIpc) is 2.44. The van der Waals surface area contributed by atoms with Gasteiger partial charge in [-0.3, -0.25) is 0 Å². The van der Waals surface area contributed by atoms with E-state index < -0.39 is 10.0 Å². The van der Waals surface area contributed by atoms with E-state index in [0.29, 0.717) is 6.54 Å². The molecular weight excluding hydrogens is 312 g/mol. The molecule has 0 aliphatic rings. The lowest BCUT2D eigenvalue weighted by atomic mass is 10.1. The number of sulfonamides is 1. The minimum absolute atomic E-state index is 0.0331. The maximum Gasteiger partial charge on any atom is 0.216 e. The van der Waals surface area contributed by atoms with Gasteiger partial charge >= 0.3 is 0 Å². The molecule has 1 aromatic rings. The molecule has 0 aliphatic heterocycles. The third kappa shape index (κ3) is 7.47. The van der Waals surface area contributed by atoms with Gasteiger partial charge in [0, 0.05) is 19.1 Å². The lowest BCUT2D eigenvalue weighted by Crippen LogP contribution is -2.37. The Morgan fingerprint density at radius 2 is 1.65 bits per heavy atom. The second kappa shape index (κ2) is 9.52. The monoisotopic (exact) mass is 340 g/mol. The van der Waals surface area contributed by atoms with Gasteiger partial charge in [-0.25, -0.2) is 18.1 Å². The number of hydrogen-bond acceptors (Lipinski definition) is 3. The van der Waals surface area contributed by atoms with Gasteiger partial charge in [0.1, 0.15) is 0 Å². The van der Waals surface area contributed by atoms with Crippen LogP contribution in [0.4, 0.5) is 0 Å². The van der Waals surface area contributed by atoms with E-state index in [1.165, 1.54) is 0 Å². The SMILES string of the molecule is CCNC(=NCc1ccccc1CS(=O)(=O)NC(C)C)NCC. The van der Waals surface area contributed by atoms with Crippen LogP contribution in [0.15, 0.2) is 29.3 Å². The summed E-state index contributed by atoms with van der Waals surface area (Å²) in [6.07, 6.45) is 0. The summed E-state index contributed by atoms with van der Waals surface area (Å²) < 4.78 is 26.9. The zero-order valence-corrected chi connectivity index (χ0v) is 15.2. The van der Waals surface area contributed by atoms with Crippen LogP contribution in [0.2, 0.25) is 0 Å². The predicted octanol–water partition coefficient (Wildman–Crippen LogP) is 1.59. The average molecular weight is 340 g/mol. The van der Waals surface area contributed by atoms with Crippen LogP contribution in [0, 0.1) is 0 Å². The second-order valence-electron chi connectivity index (χ2n) is 5.53. The number of hydrogen-bond donors (Lipinski definition) is 3. The molecule has 0 saturated heterocycles. The van der Waals surface area contributed by atoms with Crippen LogP contribution in [0.3, 0.4) is 0 Å². The zero-order valence-electron chi connectivity index (χ0n) is 14.4. The number of rotatable bonds is 8. The van der Waals surface area contributed by atoms with Crippen molar-refractivity contribution in [3.8, 4) is 0 Å². The third-order valence-corrected chi connectivity index (χ3v) is 4.50. The van der Waals surface area contributed by atoms with Gasteiger partial charge in [0.05, 0.1) is 12.3 Å². The van der Waals surface area contributed by atoms with Gasteiger partial charge in [-0.15, -0.1) is 0 Å². The molecule has 0 bridgehead atoms. The first-order chi connectivity index (χ1) is 10.9. The molecule has 0 heterocycles. The number of aliphatic imine (C=N–C) groups is 1. The molecule has 0 atom stereocenters. The smallest absolute Gasteiger partial charge is 0.216 e. The van der Waals surface area contributed by atoms with Crippen molar-refractivity contribution in [1.82, 2.24) is 15.4 Å². The Balaban J connectivity index is 2.91. The van der Waals surface area contributed by atoms with Crippen LogP contribution in [0.1, 0.15) is 38.8 Å². The summed E-state index contributed by atoms with van der Waals surface area (Å²) >= 11 is 0. The van der Waals surface area contributed by atoms with Crippen LogP contribution in [0.5, 0.6) is 0 Å². The molecule has 0 spiro atoms. The maximum absolute atomic E-state index is 12.1. The highest BCUT2D eigenvalue weighted by atomic mass is 32.2. The number of nitrogens with zero attached hydrogens (tertiary/aromatic N) is 1. The highest BCUT2D eigenvalue weighted by Gasteiger charge is 2.15. The van der Waals surface area contributed by atoms with Crippen molar-refractivity contribution in [3.63, 3.8) is 0 Å². The first-order valence-corrected chi connectivity index (χ1v) is 9.62. The van der Waals surface area contributed by atoms with Crippen molar-refractivity contribution < 1.29 is 8.42 Å². The van der Waals surface area contributed by atoms with E-state index in [-0.39, 0.29) is 11.8 Å². The lowest BCUT2D eigenvalue weighted by Gasteiger charge is -2.13. The first kappa shape index (κ1) is 19.4. The molecule has 3 N–H and O–H groups in total. The van der Waals surface area contributed by atoms with Crippen molar-refractivity contribution in [3.05, 3.63) is 35.4 Å². The molecule has 0 aliphatic carbocycles. The van der Waals surface area contributed by atoms with E-state index in [1.54, 1.807) is 0 Å². The van der Waals surface area contributed by atoms with Crippen molar-refractivity contribution >= 4 is 16.0 Å². The van der Waals surface area contributed by atoms with E-state index in [1.807, 2.05) is 52.0 Å². The van der Waals surface area contributed by atoms with Crippen LogP contribution in [-0.2, 0) is 22.3 Å². The first-order valence-electron chi connectivity index (χ1n) is 7.97. The molecule has 0 radical (unpaired) electrons.